The number of nitrogens with one attached hydrogen (secondary N) is 1. The van der Waals surface area contributed by atoms with E-state index in [9.17, 15) is 14.7 Å². The molecule has 0 saturated carbocycles. The Morgan fingerprint density at radius 1 is 1.13 bits per heavy atom. The van der Waals surface area contributed by atoms with Crippen molar-refractivity contribution >= 4 is 11.9 Å². The van der Waals surface area contributed by atoms with E-state index in [0.29, 0.717) is 18.0 Å². The van der Waals surface area contributed by atoms with Crippen LogP contribution in [0.2, 0.25) is 0 Å². The molecule has 3 aliphatic rings. The number of benzene rings is 1. The van der Waals surface area contributed by atoms with Gasteiger partial charge in [-0.1, -0.05) is 18.2 Å². The van der Waals surface area contributed by atoms with Gasteiger partial charge in [-0.2, -0.15) is 0 Å². The number of amides is 1. The molecule has 1 fully saturated rings. The van der Waals surface area contributed by atoms with Crippen molar-refractivity contribution in [2.24, 2.45) is 11.8 Å². The maximum Gasteiger partial charge on any atom is 0.310 e. The second-order valence-corrected chi connectivity index (χ2v) is 5.75. The topological polar surface area (TPSA) is 94.1 Å². The summed E-state index contributed by atoms with van der Waals surface area (Å²) < 4.78 is 16.0. The van der Waals surface area contributed by atoms with E-state index in [1.165, 1.54) is 0 Å². The molecule has 0 aliphatic carbocycles. The Balaban J connectivity index is 1.44. The first kappa shape index (κ1) is 14.1. The first-order valence-corrected chi connectivity index (χ1v) is 7.36. The Hall–Kier alpha value is -2.54. The Morgan fingerprint density at radius 2 is 1.87 bits per heavy atom. The van der Waals surface area contributed by atoms with Gasteiger partial charge >= 0.3 is 5.97 Å². The normalized spacial score (nSPS) is 29.7. The number of carbonyl (C=O) groups is 2. The van der Waals surface area contributed by atoms with Crippen LogP contribution in [-0.4, -0.2) is 36.0 Å². The second-order valence-electron chi connectivity index (χ2n) is 5.75. The van der Waals surface area contributed by atoms with Gasteiger partial charge < -0.3 is 24.6 Å². The number of rotatable bonds is 4. The highest BCUT2D eigenvalue weighted by atomic mass is 16.7. The van der Waals surface area contributed by atoms with Crippen molar-refractivity contribution in [2.45, 2.75) is 18.8 Å². The fourth-order valence-electron chi connectivity index (χ4n) is 3.27. The molecule has 23 heavy (non-hydrogen) atoms. The number of fused-ring (bicyclic) bond motifs is 3. The van der Waals surface area contributed by atoms with Crippen LogP contribution in [0, 0.1) is 11.8 Å². The molecule has 0 spiro atoms. The average molecular weight is 317 g/mol. The van der Waals surface area contributed by atoms with Gasteiger partial charge in [0.1, 0.15) is 5.92 Å². The van der Waals surface area contributed by atoms with Gasteiger partial charge in [0, 0.05) is 6.54 Å². The molecule has 4 atom stereocenters. The molecule has 0 aromatic heterocycles. The predicted molar refractivity (Wildman–Crippen MR) is 76.8 cm³/mol. The standard InChI is InChI=1S/C16H15NO6/c18-15(13-10-3-4-11(23-10)14(13)16(19)20)17-6-8-1-2-9-12(5-8)22-7-21-9/h1-5,10-11,13-14H,6-7H2,(H,17,18)(H,19,20)/t10-,11+,13+,14-/m0/s1. The van der Waals surface area contributed by atoms with E-state index in [4.69, 9.17) is 14.2 Å². The van der Waals surface area contributed by atoms with Gasteiger partial charge in [0.15, 0.2) is 11.5 Å². The Morgan fingerprint density at radius 3 is 2.65 bits per heavy atom. The number of carboxylic acid groups (broad SMARTS) is 1. The minimum Gasteiger partial charge on any atom is -0.481 e. The van der Waals surface area contributed by atoms with Crippen LogP contribution in [0.5, 0.6) is 11.5 Å². The number of carbonyl (C=O) groups excluding carboxylic acids is 1. The van der Waals surface area contributed by atoms with Crippen LogP contribution < -0.4 is 14.8 Å². The van der Waals surface area contributed by atoms with Crippen LogP contribution in [0.25, 0.3) is 0 Å². The molecule has 1 aromatic rings. The van der Waals surface area contributed by atoms with Gasteiger partial charge in [0.05, 0.1) is 18.1 Å². The number of carboxylic acids is 1. The monoisotopic (exact) mass is 317 g/mol. The summed E-state index contributed by atoms with van der Waals surface area (Å²) in [6.07, 6.45) is 2.50. The van der Waals surface area contributed by atoms with Gasteiger partial charge in [0.25, 0.3) is 0 Å². The van der Waals surface area contributed by atoms with E-state index in [-0.39, 0.29) is 12.7 Å². The minimum absolute atomic E-state index is 0.195. The van der Waals surface area contributed by atoms with Crippen LogP contribution >= 0.6 is 0 Å². The fraction of sp³-hybridized carbons (Fsp3) is 0.375. The molecule has 1 amide bonds. The quantitative estimate of drug-likeness (QED) is 0.793. The van der Waals surface area contributed by atoms with Gasteiger partial charge in [-0.25, -0.2) is 0 Å². The summed E-state index contributed by atoms with van der Waals surface area (Å²) >= 11 is 0. The minimum atomic E-state index is -1.01. The third-order valence-electron chi connectivity index (χ3n) is 4.39. The molecule has 0 radical (unpaired) electrons. The molecule has 7 nitrogen and oxygen atoms in total. The predicted octanol–water partition coefficient (Wildman–Crippen LogP) is 0.686. The summed E-state index contributed by atoms with van der Waals surface area (Å²) in [5, 5.41) is 12.1. The molecule has 3 heterocycles. The molecule has 1 saturated heterocycles. The van der Waals surface area contributed by atoms with E-state index in [0.717, 1.165) is 5.56 Å². The van der Waals surface area contributed by atoms with E-state index in [1.54, 1.807) is 24.3 Å². The summed E-state index contributed by atoms with van der Waals surface area (Å²) in [6, 6.07) is 5.42. The lowest BCUT2D eigenvalue weighted by molar-refractivity contribution is -0.146. The zero-order chi connectivity index (χ0) is 16.0. The van der Waals surface area contributed by atoms with E-state index in [1.807, 2.05) is 6.07 Å². The van der Waals surface area contributed by atoms with E-state index in [2.05, 4.69) is 5.32 Å². The molecule has 1 aromatic carbocycles. The lowest BCUT2D eigenvalue weighted by atomic mass is 9.82. The highest BCUT2D eigenvalue weighted by molar-refractivity contribution is 5.87. The number of ether oxygens (including phenoxy) is 3. The van der Waals surface area contributed by atoms with Crippen molar-refractivity contribution in [1.82, 2.24) is 5.32 Å². The first-order valence-electron chi connectivity index (χ1n) is 7.36. The Labute approximate surface area is 131 Å². The molecular formula is C16H15NO6. The van der Waals surface area contributed by atoms with Gasteiger partial charge in [-0.3, -0.25) is 9.59 Å². The van der Waals surface area contributed by atoms with Crippen LogP contribution in [0.4, 0.5) is 0 Å². The molecule has 7 heteroatoms. The molecule has 3 aliphatic heterocycles. The highest BCUT2D eigenvalue weighted by Crippen LogP contribution is 2.39. The molecule has 2 N–H and O–H groups in total. The lowest BCUT2D eigenvalue weighted by Crippen LogP contribution is -2.42. The van der Waals surface area contributed by atoms with E-state index >= 15 is 0 Å². The van der Waals surface area contributed by atoms with E-state index < -0.39 is 30.0 Å². The first-order chi connectivity index (χ1) is 11.1. The Bertz CT molecular complexity index is 700. The number of hydrogen-bond donors (Lipinski definition) is 2. The summed E-state index contributed by atoms with van der Waals surface area (Å²) in [7, 11) is 0. The SMILES string of the molecule is O=C(O)[C@@H]1[C@H](C(=O)NCc2ccc3c(c2)OCO3)[C@@H]2C=C[C@H]1O2. The molecule has 4 rings (SSSR count). The maximum absolute atomic E-state index is 12.4. The molecule has 2 bridgehead atoms. The van der Waals surface area contributed by atoms with Crippen molar-refractivity contribution in [2.75, 3.05) is 6.79 Å². The second kappa shape index (κ2) is 5.27. The third kappa shape index (κ3) is 2.33. The summed E-state index contributed by atoms with van der Waals surface area (Å²) in [4.78, 5) is 23.8. The van der Waals surface area contributed by atoms with Gasteiger partial charge in [0.2, 0.25) is 12.7 Å². The summed E-state index contributed by atoms with van der Waals surface area (Å²) in [6.45, 7) is 0.486. The van der Waals surface area contributed by atoms with Gasteiger partial charge in [-0.05, 0) is 17.7 Å². The molecule has 0 unspecified atom stereocenters. The zero-order valence-corrected chi connectivity index (χ0v) is 12.1. The maximum atomic E-state index is 12.4. The van der Waals surface area contributed by atoms with Crippen molar-refractivity contribution in [3.8, 4) is 11.5 Å². The highest BCUT2D eigenvalue weighted by Gasteiger charge is 2.53. The van der Waals surface area contributed by atoms with Crippen LogP contribution in [-0.2, 0) is 20.9 Å². The number of aliphatic carboxylic acids is 1. The third-order valence-corrected chi connectivity index (χ3v) is 4.39. The van der Waals surface area contributed by atoms with Gasteiger partial charge in [-0.15, -0.1) is 0 Å². The van der Waals surface area contributed by atoms with Crippen molar-refractivity contribution in [1.29, 1.82) is 0 Å². The van der Waals surface area contributed by atoms with Crippen LogP contribution in [0.15, 0.2) is 30.4 Å². The van der Waals surface area contributed by atoms with Crippen LogP contribution in [0.3, 0.4) is 0 Å². The largest absolute Gasteiger partial charge is 0.481 e. The lowest BCUT2D eigenvalue weighted by Gasteiger charge is -2.21. The Kier molecular flexibility index (Phi) is 3.23. The summed E-state index contributed by atoms with van der Waals surface area (Å²) in [5.41, 5.74) is 0.856. The smallest absolute Gasteiger partial charge is 0.310 e. The number of hydrogen-bond acceptors (Lipinski definition) is 5. The molecule has 120 valence electrons. The van der Waals surface area contributed by atoms with Crippen molar-refractivity contribution < 1.29 is 28.9 Å². The fourth-order valence-corrected chi connectivity index (χ4v) is 3.27. The van der Waals surface area contributed by atoms with Crippen LogP contribution in [0.1, 0.15) is 5.56 Å². The average Bonchev–Trinajstić information content (AvgIpc) is 3.25. The van der Waals surface area contributed by atoms with Crippen molar-refractivity contribution in [3.63, 3.8) is 0 Å². The van der Waals surface area contributed by atoms with Crippen molar-refractivity contribution in [3.05, 3.63) is 35.9 Å². The molecular weight excluding hydrogens is 302 g/mol. The summed E-state index contributed by atoms with van der Waals surface area (Å²) in [5.74, 6) is -1.53. The zero-order valence-electron chi connectivity index (χ0n) is 12.1.